The fourth-order valence-corrected chi connectivity index (χ4v) is 6.82. The Morgan fingerprint density at radius 3 is 2.48 bits per heavy atom. The van der Waals surface area contributed by atoms with Crippen LogP contribution in [0.15, 0.2) is 41.6 Å². The van der Waals surface area contributed by atoms with Crippen LogP contribution in [-0.4, -0.2) is 14.1 Å². The Kier molecular flexibility index (Phi) is 4.62. The van der Waals surface area contributed by atoms with Crippen LogP contribution in [0.4, 0.5) is 0 Å². The molecule has 0 radical (unpaired) electrons. The molecule has 0 N–H and O–H groups in total. The Balaban J connectivity index is 1.75. The molecule has 1 fully saturated rings. The van der Waals surface area contributed by atoms with Crippen LogP contribution in [-0.2, 0) is 6.54 Å². The number of rotatable bonds is 3. The van der Waals surface area contributed by atoms with Crippen LogP contribution in [0.25, 0.3) is 0 Å². The summed E-state index contributed by atoms with van der Waals surface area (Å²) in [6.45, 7) is 1.12. The van der Waals surface area contributed by atoms with Crippen molar-refractivity contribution in [2.45, 2.75) is 70.4 Å². The Bertz CT molecular complexity index is 616. The van der Waals surface area contributed by atoms with Crippen molar-refractivity contribution in [3.8, 4) is 0 Å². The van der Waals surface area contributed by atoms with Crippen molar-refractivity contribution in [3.63, 3.8) is 0 Å². The zero-order chi connectivity index (χ0) is 15.7. The molecule has 1 heterocycles. The highest BCUT2D eigenvalue weighted by Gasteiger charge is 2.51. The number of thiocarbonyl (C=S) groups is 1. The van der Waals surface area contributed by atoms with Gasteiger partial charge in [-0.05, 0) is 32.1 Å². The smallest absolute Gasteiger partial charge is 0.138 e. The molecule has 1 aliphatic heterocycles. The van der Waals surface area contributed by atoms with Crippen molar-refractivity contribution in [3.05, 3.63) is 47.2 Å². The van der Waals surface area contributed by atoms with Crippen molar-refractivity contribution < 1.29 is 3.89 Å². The molecule has 1 atom stereocenters. The second kappa shape index (κ2) is 6.70. The molecule has 0 aromatic heterocycles. The molecule has 0 bridgehead atoms. The molecular weight excluding hydrogens is 318 g/mol. The Hall–Kier alpha value is -0.640. The van der Waals surface area contributed by atoms with Gasteiger partial charge in [-0.3, -0.25) is 0 Å². The maximum atomic E-state index is 5.84. The Morgan fingerprint density at radius 2 is 1.70 bits per heavy atom. The summed E-state index contributed by atoms with van der Waals surface area (Å²) in [5.74, 6) is 0. The molecule has 0 amide bonds. The van der Waals surface area contributed by atoms with E-state index in [0.717, 1.165) is 16.5 Å². The van der Waals surface area contributed by atoms with Gasteiger partial charge in [-0.15, -0.1) is 0 Å². The maximum Gasteiger partial charge on any atom is 0.138 e. The molecule has 0 saturated heterocycles. The maximum absolute atomic E-state index is 5.84. The molecule has 23 heavy (non-hydrogen) atoms. The van der Waals surface area contributed by atoms with Crippen LogP contribution >= 0.6 is 24.2 Å². The van der Waals surface area contributed by atoms with Gasteiger partial charge in [-0.2, -0.15) is 0 Å². The van der Waals surface area contributed by atoms with Gasteiger partial charge in [0.2, 0.25) is 0 Å². The van der Waals surface area contributed by atoms with E-state index in [4.69, 9.17) is 12.2 Å². The Morgan fingerprint density at radius 1 is 0.957 bits per heavy atom. The SMILES string of the molecule is S=C1S[N@+](Cc2ccccc2)(C2CCCCC2)C2=C1CCCC2. The monoisotopic (exact) mass is 344 g/mol. The van der Waals surface area contributed by atoms with E-state index >= 15 is 0 Å². The summed E-state index contributed by atoms with van der Waals surface area (Å²) in [4.78, 5) is 0. The Labute approximate surface area is 149 Å². The lowest BCUT2D eigenvalue weighted by Crippen LogP contribution is -2.48. The van der Waals surface area contributed by atoms with Crippen LogP contribution in [0.5, 0.6) is 0 Å². The van der Waals surface area contributed by atoms with E-state index in [-0.39, 0.29) is 0 Å². The molecule has 0 spiro atoms. The van der Waals surface area contributed by atoms with Gasteiger partial charge in [-0.1, -0.05) is 49.0 Å². The van der Waals surface area contributed by atoms with Crippen molar-refractivity contribution >= 4 is 28.4 Å². The zero-order valence-electron chi connectivity index (χ0n) is 13.8. The number of allylic oxidation sites excluding steroid dienone is 1. The van der Waals surface area contributed by atoms with Crippen molar-refractivity contribution in [2.24, 2.45) is 0 Å². The van der Waals surface area contributed by atoms with Crippen LogP contribution < -0.4 is 0 Å². The van der Waals surface area contributed by atoms with Crippen LogP contribution in [0.1, 0.15) is 63.4 Å². The van der Waals surface area contributed by atoms with E-state index in [0.29, 0.717) is 0 Å². The van der Waals surface area contributed by atoms with Gasteiger partial charge in [0.05, 0.1) is 0 Å². The first-order valence-corrected chi connectivity index (χ1v) is 10.4. The third kappa shape index (κ3) is 2.92. The van der Waals surface area contributed by atoms with Crippen LogP contribution in [0.3, 0.4) is 0 Å². The molecule has 1 aromatic rings. The van der Waals surface area contributed by atoms with Crippen molar-refractivity contribution in [1.82, 2.24) is 0 Å². The first-order chi connectivity index (χ1) is 11.3. The van der Waals surface area contributed by atoms with Crippen molar-refractivity contribution in [1.29, 1.82) is 0 Å². The zero-order valence-corrected chi connectivity index (χ0v) is 15.4. The molecule has 4 rings (SSSR count). The molecule has 3 heteroatoms. The number of benzene rings is 1. The van der Waals surface area contributed by atoms with Gasteiger partial charge in [0.1, 0.15) is 34.4 Å². The predicted octanol–water partition coefficient (Wildman–Crippen LogP) is 6.15. The highest BCUT2D eigenvalue weighted by molar-refractivity contribution is 8.20. The molecule has 2 aliphatic carbocycles. The molecule has 0 unspecified atom stereocenters. The minimum Gasteiger partial charge on any atom is -0.221 e. The molecule has 122 valence electrons. The second-order valence-electron chi connectivity index (χ2n) is 7.24. The van der Waals surface area contributed by atoms with Gasteiger partial charge in [0.15, 0.2) is 0 Å². The summed E-state index contributed by atoms with van der Waals surface area (Å²) in [6, 6.07) is 11.9. The van der Waals surface area contributed by atoms with Gasteiger partial charge in [0.25, 0.3) is 0 Å². The second-order valence-corrected chi connectivity index (χ2v) is 9.15. The molecule has 1 saturated carbocycles. The molecule has 1 aromatic carbocycles. The van der Waals surface area contributed by atoms with E-state index in [2.05, 4.69) is 30.3 Å². The number of hydrogen-bond acceptors (Lipinski definition) is 2. The summed E-state index contributed by atoms with van der Waals surface area (Å²) in [7, 11) is 0. The molecule has 3 aliphatic rings. The fraction of sp³-hybridized carbons (Fsp3) is 0.550. The van der Waals surface area contributed by atoms with Crippen LogP contribution in [0.2, 0.25) is 0 Å². The molecule has 1 nitrogen and oxygen atoms in total. The average Bonchev–Trinajstić information content (AvgIpc) is 2.90. The first kappa shape index (κ1) is 15.9. The number of nitrogens with zero attached hydrogens (tertiary/aromatic N) is 1. The lowest BCUT2D eigenvalue weighted by molar-refractivity contribution is -0.799. The summed E-state index contributed by atoms with van der Waals surface area (Å²) < 4.78 is 2.32. The lowest BCUT2D eigenvalue weighted by Gasteiger charge is -2.43. The van der Waals surface area contributed by atoms with Gasteiger partial charge in [0, 0.05) is 30.4 Å². The summed E-state index contributed by atoms with van der Waals surface area (Å²) in [6.07, 6.45) is 12.1. The van der Waals surface area contributed by atoms with Gasteiger partial charge >= 0.3 is 0 Å². The minimum absolute atomic E-state index is 0.762. The normalized spacial score (nSPS) is 29.0. The molecular formula is C20H26NS2+. The van der Waals surface area contributed by atoms with E-state index < -0.39 is 0 Å². The van der Waals surface area contributed by atoms with E-state index in [1.54, 1.807) is 11.3 Å². The third-order valence-corrected chi connectivity index (χ3v) is 7.67. The van der Waals surface area contributed by atoms with Gasteiger partial charge in [-0.25, -0.2) is 3.89 Å². The number of quaternary nitrogens is 1. The largest absolute Gasteiger partial charge is 0.221 e. The minimum atomic E-state index is 0.762. The van der Waals surface area contributed by atoms with Gasteiger partial charge < -0.3 is 0 Å². The summed E-state index contributed by atoms with van der Waals surface area (Å²) in [5, 5.41) is 0. The first-order valence-electron chi connectivity index (χ1n) is 9.18. The topological polar surface area (TPSA) is 0 Å². The van der Waals surface area contributed by atoms with Crippen LogP contribution in [0, 0.1) is 0 Å². The van der Waals surface area contributed by atoms with Crippen molar-refractivity contribution in [2.75, 3.05) is 0 Å². The summed E-state index contributed by atoms with van der Waals surface area (Å²) >= 11 is 7.86. The quantitative estimate of drug-likeness (QED) is 0.366. The highest BCUT2D eigenvalue weighted by atomic mass is 32.2. The van der Waals surface area contributed by atoms with E-state index in [1.165, 1.54) is 67.5 Å². The summed E-state index contributed by atoms with van der Waals surface area (Å²) in [5.41, 5.74) is 4.72. The lowest BCUT2D eigenvalue weighted by atomic mass is 9.90. The third-order valence-electron chi connectivity index (χ3n) is 5.81. The average molecular weight is 345 g/mol. The predicted molar refractivity (Wildman–Crippen MR) is 103 cm³/mol. The van der Waals surface area contributed by atoms with E-state index in [1.807, 2.05) is 11.9 Å². The highest BCUT2D eigenvalue weighted by Crippen LogP contribution is 2.53. The van der Waals surface area contributed by atoms with E-state index in [9.17, 15) is 0 Å². The fourth-order valence-electron chi connectivity index (χ4n) is 4.69. The standard InChI is InChI=1S/C20H26NS2/c22-20-18-13-7-8-14-19(18)21(23-20,17-11-5-2-6-12-17)15-16-9-3-1-4-10-16/h1,3-4,9-10,17H,2,5-8,11-15H2/q+1/t21-/m1/s1. The number of hydrogen-bond donors (Lipinski definition) is 0.